The van der Waals surface area contributed by atoms with Crippen molar-refractivity contribution in [3.8, 4) is 6.07 Å². The third kappa shape index (κ3) is 2.80. The second kappa shape index (κ2) is 5.52. The number of carbonyl (C=O) groups excluding carboxylic acids is 1. The second-order valence-corrected chi connectivity index (χ2v) is 4.14. The highest BCUT2D eigenvalue weighted by atomic mass is 32.1. The van der Waals surface area contributed by atoms with Crippen molar-refractivity contribution in [3.05, 3.63) is 21.9 Å². The fourth-order valence-electron chi connectivity index (χ4n) is 1.32. The first-order valence-electron chi connectivity index (χ1n) is 4.91. The first kappa shape index (κ1) is 11.7. The van der Waals surface area contributed by atoms with E-state index in [1.165, 1.54) is 11.3 Å². The van der Waals surface area contributed by atoms with Crippen LogP contribution in [0.4, 0.5) is 0 Å². The average Bonchev–Trinajstić information content (AvgIpc) is 2.65. The van der Waals surface area contributed by atoms with Gasteiger partial charge >= 0.3 is 0 Å². The third-order valence-electron chi connectivity index (χ3n) is 2.22. The lowest BCUT2D eigenvalue weighted by Gasteiger charge is -2.18. The smallest absolute Gasteiger partial charge is 0.264 e. The molecule has 1 amide bonds. The van der Waals surface area contributed by atoms with Gasteiger partial charge in [-0.1, -0.05) is 0 Å². The van der Waals surface area contributed by atoms with Crippen LogP contribution in [0.25, 0.3) is 0 Å². The number of rotatable bonds is 4. The summed E-state index contributed by atoms with van der Waals surface area (Å²) >= 11 is 1.46. The van der Waals surface area contributed by atoms with Crippen molar-refractivity contribution < 1.29 is 4.79 Å². The SMILES string of the molecule is CCN(CCC#N)C(=O)c1sccc1C. The Labute approximate surface area is 93.9 Å². The van der Waals surface area contributed by atoms with E-state index in [2.05, 4.69) is 6.07 Å². The van der Waals surface area contributed by atoms with Crippen LogP contribution < -0.4 is 0 Å². The lowest BCUT2D eigenvalue weighted by atomic mass is 10.2. The van der Waals surface area contributed by atoms with Crippen molar-refractivity contribution in [1.82, 2.24) is 4.90 Å². The Hall–Kier alpha value is -1.34. The first-order valence-corrected chi connectivity index (χ1v) is 5.79. The summed E-state index contributed by atoms with van der Waals surface area (Å²) in [5, 5.41) is 10.4. The number of hydrogen-bond acceptors (Lipinski definition) is 3. The largest absolute Gasteiger partial charge is 0.337 e. The molecule has 3 nitrogen and oxygen atoms in total. The Morgan fingerprint density at radius 2 is 2.40 bits per heavy atom. The molecule has 0 atom stereocenters. The van der Waals surface area contributed by atoms with Gasteiger partial charge in [-0.25, -0.2) is 0 Å². The lowest BCUT2D eigenvalue weighted by molar-refractivity contribution is 0.0772. The number of hydrogen-bond donors (Lipinski definition) is 0. The minimum Gasteiger partial charge on any atom is -0.337 e. The molecule has 1 aromatic heterocycles. The highest BCUT2D eigenvalue weighted by Crippen LogP contribution is 2.17. The summed E-state index contributed by atoms with van der Waals surface area (Å²) in [6.07, 6.45) is 0.393. The van der Waals surface area contributed by atoms with Gasteiger partial charge in [0.2, 0.25) is 0 Å². The van der Waals surface area contributed by atoms with Crippen molar-refractivity contribution in [3.63, 3.8) is 0 Å². The van der Waals surface area contributed by atoms with Gasteiger partial charge in [0.15, 0.2) is 0 Å². The highest BCUT2D eigenvalue weighted by Gasteiger charge is 2.16. The Morgan fingerprint density at radius 1 is 1.67 bits per heavy atom. The van der Waals surface area contributed by atoms with Crippen molar-refractivity contribution >= 4 is 17.2 Å². The summed E-state index contributed by atoms with van der Waals surface area (Å²) in [7, 11) is 0. The zero-order valence-electron chi connectivity index (χ0n) is 8.99. The van der Waals surface area contributed by atoms with E-state index in [1.807, 2.05) is 25.3 Å². The number of thiophene rings is 1. The number of nitriles is 1. The van der Waals surface area contributed by atoms with E-state index in [9.17, 15) is 4.79 Å². The lowest BCUT2D eigenvalue weighted by Crippen LogP contribution is -2.31. The van der Waals surface area contributed by atoms with E-state index in [4.69, 9.17) is 5.26 Å². The topological polar surface area (TPSA) is 44.1 Å². The van der Waals surface area contributed by atoms with Gasteiger partial charge in [0.1, 0.15) is 0 Å². The second-order valence-electron chi connectivity index (χ2n) is 3.23. The van der Waals surface area contributed by atoms with Gasteiger partial charge in [0.05, 0.1) is 17.4 Å². The summed E-state index contributed by atoms with van der Waals surface area (Å²) in [5.74, 6) is 0.0419. The minimum absolute atomic E-state index is 0.0419. The third-order valence-corrected chi connectivity index (χ3v) is 3.22. The minimum atomic E-state index is 0.0419. The van der Waals surface area contributed by atoms with Gasteiger partial charge in [-0.15, -0.1) is 11.3 Å². The van der Waals surface area contributed by atoms with E-state index in [0.717, 1.165) is 10.4 Å². The highest BCUT2D eigenvalue weighted by molar-refractivity contribution is 7.12. The van der Waals surface area contributed by atoms with Crippen molar-refractivity contribution in [1.29, 1.82) is 5.26 Å². The maximum Gasteiger partial charge on any atom is 0.264 e. The van der Waals surface area contributed by atoms with Gasteiger partial charge < -0.3 is 4.90 Å². The predicted octanol–water partition coefficient (Wildman–Crippen LogP) is 2.43. The first-order chi connectivity index (χ1) is 7.20. The molecule has 0 N–H and O–H groups in total. The van der Waals surface area contributed by atoms with E-state index in [1.54, 1.807) is 4.90 Å². The zero-order valence-corrected chi connectivity index (χ0v) is 9.80. The van der Waals surface area contributed by atoms with Crippen LogP contribution in [0.1, 0.15) is 28.6 Å². The molecule has 0 aliphatic carbocycles. The predicted molar refractivity (Wildman–Crippen MR) is 60.9 cm³/mol. The summed E-state index contributed by atoms with van der Waals surface area (Å²) in [5.41, 5.74) is 1.01. The molecular formula is C11H14N2OS. The molecule has 0 unspecified atom stereocenters. The van der Waals surface area contributed by atoms with Crippen LogP contribution in [0.3, 0.4) is 0 Å². The molecule has 0 fully saturated rings. The molecule has 0 saturated heterocycles. The van der Waals surface area contributed by atoms with Crippen LogP contribution in [0, 0.1) is 18.3 Å². The maximum atomic E-state index is 12.0. The number of aryl methyl sites for hydroxylation is 1. The van der Waals surface area contributed by atoms with Crippen molar-refractivity contribution in [2.45, 2.75) is 20.3 Å². The van der Waals surface area contributed by atoms with Crippen LogP contribution in [-0.2, 0) is 0 Å². The molecule has 0 aliphatic heterocycles. The molecule has 1 aromatic rings. The summed E-state index contributed by atoms with van der Waals surface area (Å²) in [6.45, 7) is 5.03. The Morgan fingerprint density at radius 3 is 2.87 bits per heavy atom. The number of amides is 1. The van der Waals surface area contributed by atoms with E-state index >= 15 is 0 Å². The van der Waals surface area contributed by atoms with Crippen LogP contribution in [-0.4, -0.2) is 23.9 Å². The van der Waals surface area contributed by atoms with Crippen LogP contribution >= 0.6 is 11.3 Å². The van der Waals surface area contributed by atoms with Crippen LogP contribution in [0.2, 0.25) is 0 Å². The molecule has 1 rings (SSSR count). The van der Waals surface area contributed by atoms with Gasteiger partial charge in [0, 0.05) is 13.1 Å². The summed E-state index contributed by atoms with van der Waals surface area (Å²) in [6, 6.07) is 4.00. The van der Waals surface area contributed by atoms with Gasteiger partial charge in [-0.05, 0) is 30.9 Å². The normalized spacial score (nSPS) is 9.67. The Balaban J connectivity index is 2.74. The van der Waals surface area contributed by atoms with Crippen LogP contribution in [0.5, 0.6) is 0 Å². The zero-order chi connectivity index (χ0) is 11.3. The fraction of sp³-hybridized carbons (Fsp3) is 0.455. The standard InChI is InChI=1S/C11H14N2OS/c1-3-13(7-4-6-12)11(14)10-9(2)5-8-15-10/h5,8H,3-4,7H2,1-2H3. The molecule has 0 saturated carbocycles. The molecule has 15 heavy (non-hydrogen) atoms. The molecule has 4 heteroatoms. The van der Waals surface area contributed by atoms with E-state index in [0.29, 0.717) is 19.5 Å². The van der Waals surface area contributed by atoms with Gasteiger partial charge in [0.25, 0.3) is 5.91 Å². The molecule has 80 valence electrons. The molecule has 0 aliphatic rings. The molecule has 0 radical (unpaired) electrons. The molecule has 0 aromatic carbocycles. The van der Waals surface area contributed by atoms with E-state index < -0.39 is 0 Å². The number of nitrogens with zero attached hydrogens (tertiary/aromatic N) is 2. The summed E-state index contributed by atoms with van der Waals surface area (Å²) in [4.78, 5) is 14.5. The maximum absolute atomic E-state index is 12.0. The fourth-order valence-corrected chi connectivity index (χ4v) is 2.22. The van der Waals surface area contributed by atoms with Crippen LogP contribution in [0.15, 0.2) is 11.4 Å². The summed E-state index contributed by atoms with van der Waals surface area (Å²) < 4.78 is 0. The molecule has 0 bridgehead atoms. The Kier molecular flexibility index (Phi) is 4.32. The van der Waals surface area contributed by atoms with Gasteiger partial charge in [-0.3, -0.25) is 4.79 Å². The number of carbonyl (C=O) groups is 1. The van der Waals surface area contributed by atoms with Crippen molar-refractivity contribution in [2.75, 3.05) is 13.1 Å². The molecule has 0 spiro atoms. The Bertz CT molecular complexity index is 378. The monoisotopic (exact) mass is 222 g/mol. The van der Waals surface area contributed by atoms with Crippen molar-refractivity contribution in [2.24, 2.45) is 0 Å². The van der Waals surface area contributed by atoms with Gasteiger partial charge in [-0.2, -0.15) is 5.26 Å². The molecular weight excluding hydrogens is 208 g/mol. The quantitative estimate of drug-likeness (QED) is 0.785. The van der Waals surface area contributed by atoms with E-state index in [-0.39, 0.29) is 5.91 Å². The average molecular weight is 222 g/mol. The molecule has 1 heterocycles.